The molecule has 38 heavy (non-hydrogen) atoms. The van der Waals surface area contributed by atoms with E-state index in [1.165, 1.54) is 18.0 Å². The van der Waals surface area contributed by atoms with Crippen molar-refractivity contribution in [2.45, 2.75) is 13.8 Å². The lowest BCUT2D eigenvalue weighted by Gasteiger charge is -2.06. The van der Waals surface area contributed by atoms with Gasteiger partial charge in [0, 0.05) is 23.6 Å². The van der Waals surface area contributed by atoms with Crippen molar-refractivity contribution in [2.75, 3.05) is 10.7 Å². The summed E-state index contributed by atoms with van der Waals surface area (Å²) in [6.45, 7) is 3.99. The summed E-state index contributed by atoms with van der Waals surface area (Å²) in [6.07, 6.45) is 7.49. The average Bonchev–Trinajstić information content (AvgIpc) is 2.93. The van der Waals surface area contributed by atoms with Crippen LogP contribution in [0.25, 0.3) is 11.3 Å². The molecule has 9 heteroatoms. The number of aromatic hydroxyl groups is 1. The minimum absolute atomic E-state index is 0.153. The molecule has 0 spiro atoms. The standard InChI is InChI=1S/C22H18FN7.C7H8O/c1-15-4-6-17(7-5-15)28-19-9-8-18(25-12-19)13-27-30-22-26-14-20(23)21(29-22)16-3-2-10-24-11-16;1-6-3-2-4-7(8)5-6/h2-14,28H,1H3,(H,26,29,30);2-5,8H,1H3/b27-13+;. The van der Waals surface area contributed by atoms with Crippen molar-refractivity contribution in [1.82, 2.24) is 19.9 Å². The van der Waals surface area contributed by atoms with Crippen LogP contribution < -0.4 is 10.7 Å². The van der Waals surface area contributed by atoms with Crippen molar-refractivity contribution >= 4 is 23.5 Å². The van der Waals surface area contributed by atoms with Crippen molar-refractivity contribution in [3.63, 3.8) is 0 Å². The first kappa shape index (κ1) is 25.9. The number of benzene rings is 2. The summed E-state index contributed by atoms with van der Waals surface area (Å²) in [5, 5.41) is 16.2. The van der Waals surface area contributed by atoms with Crippen LogP contribution in [-0.2, 0) is 0 Å². The number of anilines is 3. The van der Waals surface area contributed by atoms with Gasteiger partial charge in [0.2, 0.25) is 5.95 Å². The lowest BCUT2D eigenvalue weighted by molar-refractivity contribution is 0.475. The number of hydrogen-bond donors (Lipinski definition) is 3. The number of halogens is 1. The van der Waals surface area contributed by atoms with Gasteiger partial charge in [-0.3, -0.25) is 9.97 Å². The lowest BCUT2D eigenvalue weighted by atomic mass is 10.2. The van der Waals surface area contributed by atoms with Gasteiger partial charge in [-0.25, -0.2) is 19.8 Å². The molecule has 0 saturated carbocycles. The Hall–Kier alpha value is -5.18. The van der Waals surface area contributed by atoms with Gasteiger partial charge < -0.3 is 10.4 Å². The molecule has 0 atom stereocenters. The molecule has 2 aromatic carbocycles. The molecule has 0 aliphatic carbocycles. The molecule has 0 amide bonds. The lowest BCUT2D eigenvalue weighted by Crippen LogP contribution is -2.01. The van der Waals surface area contributed by atoms with Gasteiger partial charge in [-0.2, -0.15) is 5.10 Å². The highest BCUT2D eigenvalue weighted by Crippen LogP contribution is 2.20. The minimum Gasteiger partial charge on any atom is -0.508 e. The fourth-order valence-electron chi connectivity index (χ4n) is 3.27. The molecule has 0 unspecified atom stereocenters. The Morgan fingerprint density at radius 3 is 2.32 bits per heavy atom. The third kappa shape index (κ3) is 7.66. The van der Waals surface area contributed by atoms with E-state index in [1.807, 2.05) is 62.4 Å². The first-order valence-electron chi connectivity index (χ1n) is 11.7. The number of hydrazone groups is 1. The number of pyridine rings is 2. The minimum atomic E-state index is -0.532. The highest BCUT2D eigenvalue weighted by Gasteiger charge is 2.09. The van der Waals surface area contributed by atoms with Gasteiger partial charge in [0.15, 0.2) is 5.82 Å². The predicted molar refractivity (Wildman–Crippen MR) is 148 cm³/mol. The Labute approximate surface area is 220 Å². The average molecular weight is 508 g/mol. The number of nitrogens with zero attached hydrogens (tertiary/aromatic N) is 5. The molecule has 3 aromatic heterocycles. The molecule has 3 heterocycles. The maximum absolute atomic E-state index is 14.0. The van der Waals surface area contributed by atoms with E-state index in [-0.39, 0.29) is 11.6 Å². The molecule has 0 radical (unpaired) electrons. The highest BCUT2D eigenvalue weighted by molar-refractivity contribution is 5.78. The van der Waals surface area contributed by atoms with Gasteiger partial charge in [0.25, 0.3) is 0 Å². The van der Waals surface area contributed by atoms with Crippen LogP contribution in [0.3, 0.4) is 0 Å². The Morgan fingerprint density at radius 1 is 0.842 bits per heavy atom. The van der Waals surface area contributed by atoms with E-state index in [1.54, 1.807) is 36.7 Å². The molecule has 0 saturated heterocycles. The highest BCUT2D eigenvalue weighted by atomic mass is 19.1. The van der Waals surface area contributed by atoms with Crippen LogP contribution >= 0.6 is 0 Å². The van der Waals surface area contributed by atoms with E-state index < -0.39 is 5.82 Å². The van der Waals surface area contributed by atoms with Crippen molar-refractivity contribution in [2.24, 2.45) is 5.10 Å². The van der Waals surface area contributed by atoms with Gasteiger partial charge in [0.05, 0.1) is 30.0 Å². The van der Waals surface area contributed by atoms with Gasteiger partial charge in [-0.05, 0) is 67.9 Å². The summed E-state index contributed by atoms with van der Waals surface area (Å²) < 4.78 is 14.0. The summed E-state index contributed by atoms with van der Waals surface area (Å²) in [5.41, 5.74) is 8.20. The zero-order valence-corrected chi connectivity index (χ0v) is 20.9. The summed E-state index contributed by atoms with van der Waals surface area (Å²) >= 11 is 0. The van der Waals surface area contributed by atoms with Crippen molar-refractivity contribution in [3.8, 4) is 17.0 Å². The first-order chi connectivity index (χ1) is 18.5. The normalized spacial score (nSPS) is 10.5. The second-order valence-electron chi connectivity index (χ2n) is 8.30. The van der Waals surface area contributed by atoms with Crippen molar-refractivity contribution in [1.29, 1.82) is 0 Å². The zero-order chi connectivity index (χ0) is 26.7. The van der Waals surface area contributed by atoms with Crippen LogP contribution in [0.15, 0.2) is 103 Å². The SMILES string of the molecule is Cc1ccc(Nc2ccc(/C=N/Nc3ncc(F)c(-c4cccnc4)n3)nc2)cc1.Cc1cccc(O)c1. The number of phenols is 1. The molecule has 5 rings (SSSR count). The number of rotatable bonds is 6. The van der Waals surface area contributed by atoms with Crippen molar-refractivity contribution < 1.29 is 9.50 Å². The van der Waals surface area contributed by atoms with Crippen LogP contribution in [-0.4, -0.2) is 31.3 Å². The second kappa shape index (κ2) is 12.7. The third-order valence-corrected chi connectivity index (χ3v) is 5.17. The number of hydrogen-bond acceptors (Lipinski definition) is 8. The van der Waals surface area contributed by atoms with Crippen LogP contribution in [0.5, 0.6) is 5.75 Å². The maximum Gasteiger partial charge on any atom is 0.244 e. The monoisotopic (exact) mass is 507 g/mol. The fraction of sp³-hybridized carbons (Fsp3) is 0.0690. The number of nitrogens with one attached hydrogen (secondary N) is 2. The van der Waals surface area contributed by atoms with Crippen LogP contribution in [0.1, 0.15) is 16.8 Å². The van der Waals surface area contributed by atoms with E-state index in [4.69, 9.17) is 5.11 Å². The number of aryl methyl sites for hydroxylation is 2. The fourth-order valence-corrected chi connectivity index (χ4v) is 3.27. The van der Waals surface area contributed by atoms with Gasteiger partial charge in [-0.15, -0.1) is 0 Å². The van der Waals surface area contributed by atoms with Gasteiger partial charge in [0.1, 0.15) is 11.4 Å². The van der Waals surface area contributed by atoms with E-state index in [2.05, 4.69) is 35.8 Å². The molecule has 5 aromatic rings. The second-order valence-corrected chi connectivity index (χ2v) is 8.30. The van der Waals surface area contributed by atoms with Crippen LogP contribution in [0.2, 0.25) is 0 Å². The van der Waals surface area contributed by atoms with E-state index >= 15 is 0 Å². The molecule has 0 aliphatic rings. The Kier molecular flexibility index (Phi) is 8.64. The van der Waals surface area contributed by atoms with Crippen LogP contribution in [0, 0.1) is 19.7 Å². The van der Waals surface area contributed by atoms with E-state index in [0.717, 1.165) is 23.1 Å². The molecular weight excluding hydrogens is 481 g/mol. The van der Waals surface area contributed by atoms with E-state index in [9.17, 15) is 4.39 Å². The van der Waals surface area contributed by atoms with Crippen molar-refractivity contribution in [3.05, 3.63) is 120 Å². The largest absolute Gasteiger partial charge is 0.508 e. The molecule has 8 nitrogen and oxygen atoms in total. The summed E-state index contributed by atoms with van der Waals surface area (Å²) in [6, 6.07) is 22.4. The molecule has 0 fully saturated rings. The maximum atomic E-state index is 14.0. The van der Waals surface area contributed by atoms with Crippen LogP contribution in [0.4, 0.5) is 21.7 Å². The third-order valence-electron chi connectivity index (χ3n) is 5.17. The number of aromatic nitrogens is 4. The quantitative estimate of drug-likeness (QED) is 0.184. The van der Waals surface area contributed by atoms with Gasteiger partial charge in [-0.1, -0.05) is 29.8 Å². The van der Waals surface area contributed by atoms with Gasteiger partial charge >= 0.3 is 0 Å². The molecule has 0 bridgehead atoms. The topological polar surface area (TPSA) is 108 Å². The summed E-state index contributed by atoms with van der Waals surface area (Å²) in [5.74, 6) is -0.0231. The Morgan fingerprint density at radius 2 is 1.66 bits per heavy atom. The first-order valence-corrected chi connectivity index (χ1v) is 11.7. The molecule has 3 N–H and O–H groups in total. The molecular formula is C29H26FN7O. The molecule has 0 aliphatic heterocycles. The predicted octanol–water partition coefficient (Wildman–Crippen LogP) is 6.27. The Bertz CT molecular complexity index is 1480. The zero-order valence-electron chi connectivity index (χ0n) is 20.9. The molecule has 190 valence electrons. The Balaban J connectivity index is 0.000000360. The summed E-state index contributed by atoms with van der Waals surface area (Å²) in [4.78, 5) is 16.4. The van der Waals surface area contributed by atoms with E-state index in [0.29, 0.717) is 17.0 Å². The number of phenolic OH excluding ortho intramolecular Hbond substituents is 1. The smallest absolute Gasteiger partial charge is 0.244 e. The summed E-state index contributed by atoms with van der Waals surface area (Å²) in [7, 11) is 0.